The van der Waals surface area contributed by atoms with E-state index in [1.165, 1.54) is 29.8 Å². The molecule has 0 spiro atoms. The van der Waals surface area contributed by atoms with Crippen LogP contribution in [0.25, 0.3) is 0 Å². The first kappa shape index (κ1) is 16.9. The second-order valence-electron chi connectivity index (χ2n) is 5.84. The molecule has 1 N–H and O–H groups in total. The van der Waals surface area contributed by atoms with E-state index >= 15 is 0 Å². The molecule has 4 nitrogen and oxygen atoms in total. The Morgan fingerprint density at radius 2 is 1.71 bits per heavy atom. The zero-order valence-corrected chi connectivity index (χ0v) is 14.1. The zero-order chi connectivity index (χ0) is 17.0. The highest BCUT2D eigenvalue weighted by molar-refractivity contribution is 7.89. The van der Waals surface area contributed by atoms with Crippen molar-refractivity contribution < 1.29 is 17.5 Å². The fourth-order valence-corrected chi connectivity index (χ4v) is 3.90. The van der Waals surface area contributed by atoms with Crippen LogP contribution in [0.15, 0.2) is 47.4 Å². The van der Waals surface area contributed by atoms with Gasteiger partial charge in [-0.3, -0.25) is 0 Å². The molecule has 0 aliphatic heterocycles. The normalized spacial score (nSPS) is 14.2. The lowest BCUT2D eigenvalue weighted by Gasteiger charge is -2.16. The van der Waals surface area contributed by atoms with Crippen LogP contribution in [0.2, 0.25) is 0 Å². The quantitative estimate of drug-likeness (QED) is 0.816. The van der Waals surface area contributed by atoms with Gasteiger partial charge in [0, 0.05) is 6.54 Å². The van der Waals surface area contributed by atoms with E-state index in [0.29, 0.717) is 10.6 Å². The predicted octanol–water partition coefficient (Wildman–Crippen LogP) is 3.06. The van der Waals surface area contributed by atoms with Crippen molar-refractivity contribution in [1.29, 1.82) is 0 Å². The Balaban J connectivity index is 1.57. The van der Waals surface area contributed by atoms with Crippen LogP contribution >= 0.6 is 0 Å². The smallest absolute Gasteiger partial charge is 0.240 e. The minimum absolute atomic E-state index is 0.150. The fraction of sp³-hybridized carbons (Fsp3) is 0.333. The molecule has 0 fully saturated rings. The molecule has 0 radical (unpaired) electrons. The molecule has 0 bridgehead atoms. The van der Waals surface area contributed by atoms with Gasteiger partial charge in [0.25, 0.3) is 0 Å². The number of hydrogen-bond donors (Lipinski definition) is 1. The number of rotatable bonds is 6. The van der Waals surface area contributed by atoms with Gasteiger partial charge in [-0.25, -0.2) is 17.5 Å². The molecule has 1 aliphatic carbocycles. The second-order valence-corrected chi connectivity index (χ2v) is 7.60. The maximum absolute atomic E-state index is 12.8. The van der Waals surface area contributed by atoms with E-state index in [-0.39, 0.29) is 19.0 Å². The number of hydrogen-bond acceptors (Lipinski definition) is 3. The maximum Gasteiger partial charge on any atom is 0.240 e. The van der Waals surface area contributed by atoms with Crippen LogP contribution in [0.4, 0.5) is 4.39 Å². The molecule has 24 heavy (non-hydrogen) atoms. The predicted molar refractivity (Wildman–Crippen MR) is 90.2 cm³/mol. The third-order valence-electron chi connectivity index (χ3n) is 4.11. The molecule has 0 saturated carbocycles. The molecule has 1 aliphatic rings. The summed E-state index contributed by atoms with van der Waals surface area (Å²) in [4.78, 5) is 0.296. The van der Waals surface area contributed by atoms with Crippen LogP contribution in [0, 0.1) is 5.82 Å². The van der Waals surface area contributed by atoms with Crippen molar-refractivity contribution >= 4 is 10.0 Å². The first-order valence-corrected chi connectivity index (χ1v) is 9.53. The van der Waals surface area contributed by atoms with Crippen LogP contribution in [0.5, 0.6) is 5.75 Å². The first-order chi connectivity index (χ1) is 11.5. The number of nitrogens with one attached hydrogen (secondary N) is 1. The summed E-state index contributed by atoms with van der Waals surface area (Å²) >= 11 is 0. The van der Waals surface area contributed by atoms with Gasteiger partial charge in [0.2, 0.25) is 10.0 Å². The Kier molecular flexibility index (Phi) is 5.16. The lowest BCUT2D eigenvalue weighted by Crippen LogP contribution is -2.28. The highest BCUT2D eigenvalue weighted by Gasteiger charge is 2.17. The van der Waals surface area contributed by atoms with Crippen LogP contribution in [-0.4, -0.2) is 21.6 Å². The van der Waals surface area contributed by atoms with Crippen LogP contribution < -0.4 is 9.46 Å². The number of halogens is 1. The van der Waals surface area contributed by atoms with Gasteiger partial charge in [-0.15, -0.1) is 0 Å². The van der Waals surface area contributed by atoms with Gasteiger partial charge >= 0.3 is 0 Å². The van der Waals surface area contributed by atoms with Crippen molar-refractivity contribution in [3.05, 3.63) is 59.4 Å². The Morgan fingerprint density at radius 3 is 2.46 bits per heavy atom. The topological polar surface area (TPSA) is 55.4 Å². The van der Waals surface area contributed by atoms with Gasteiger partial charge in [-0.1, -0.05) is 6.07 Å². The summed E-state index contributed by atoms with van der Waals surface area (Å²) in [6.07, 6.45) is 4.23. The summed E-state index contributed by atoms with van der Waals surface area (Å²) in [7, 11) is -3.54. The van der Waals surface area contributed by atoms with E-state index in [1.54, 1.807) is 12.1 Å². The van der Waals surface area contributed by atoms with Crippen molar-refractivity contribution in [2.75, 3.05) is 13.2 Å². The minimum atomic E-state index is -3.54. The standard InChI is InChI=1S/C18H20FNO3S/c19-16-6-8-17(9-7-16)23-12-11-20-24(21,22)18-10-5-14-3-1-2-4-15(14)13-18/h5-10,13,20H,1-4,11-12H2. The lowest BCUT2D eigenvalue weighted by molar-refractivity contribution is 0.322. The fourth-order valence-electron chi connectivity index (χ4n) is 2.84. The Bertz CT molecular complexity index is 804. The number of fused-ring (bicyclic) bond motifs is 1. The van der Waals surface area contributed by atoms with Crippen molar-refractivity contribution in [2.24, 2.45) is 0 Å². The van der Waals surface area contributed by atoms with Gasteiger partial charge in [0.05, 0.1) is 4.90 Å². The molecule has 2 aromatic rings. The minimum Gasteiger partial charge on any atom is -0.492 e. The third kappa shape index (κ3) is 4.13. The Morgan fingerprint density at radius 1 is 1.00 bits per heavy atom. The van der Waals surface area contributed by atoms with Crippen LogP contribution in [0.1, 0.15) is 24.0 Å². The molecule has 0 aromatic heterocycles. The molecule has 128 valence electrons. The second kappa shape index (κ2) is 7.32. The van der Waals surface area contributed by atoms with E-state index < -0.39 is 10.0 Å². The van der Waals surface area contributed by atoms with Crippen molar-refractivity contribution in [1.82, 2.24) is 4.72 Å². The number of ether oxygens (including phenoxy) is 1. The molecule has 0 unspecified atom stereocenters. The number of aryl methyl sites for hydroxylation is 2. The summed E-state index contributed by atoms with van der Waals surface area (Å²) in [5.74, 6) is 0.167. The van der Waals surface area contributed by atoms with Crippen molar-refractivity contribution in [3.63, 3.8) is 0 Å². The Hall–Kier alpha value is -1.92. The van der Waals surface area contributed by atoms with Crippen LogP contribution in [0.3, 0.4) is 0 Å². The SMILES string of the molecule is O=S(=O)(NCCOc1ccc(F)cc1)c1ccc2c(c1)CCCC2. The van der Waals surface area contributed by atoms with Crippen molar-refractivity contribution in [2.45, 2.75) is 30.6 Å². The number of benzene rings is 2. The largest absolute Gasteiger partial charge is 0.492 e. The molecular weight excluding hydrogens is 329 g/mol. The third-order valence-corrected chi connectivity index (χ3v) is 5.57. The molecule has 3 rings (SSSR count). The lowest BCUT2D eigenvalue weighted by atomic mass is 9.92. The molecule has 6 heteroatoms. The summed E-state index contributed by atoms with van der Waals surface area (Å²) < 4.78 is 45.4. The Labute approximate surface area is 141 Å². The molecule has 0 saturated heterocycles. The molecule has 2 aromatic carbocycles. The molecule has 0 atom stereocenters. The van der Waals surface area contributed by atoms with E-state index in [9.17, 15) is 12.8 Å². The highest BCUT2D eigenvalue weighted by Crippen LogP contribution is 2.24. The molecule has 0 heterocycles. The van der Waals surface area contributed by atoms with Gasteiger partial charge in [0.15, 0.2) is 0 Å². The average Bonchev–Trinajstić information content (AvgIpc) is 2.60. The summed E-state index contributed by atoms with van der Waals surface area (Å²) in [5, 5.41) is 0. The van der Waals surface area contributed by atoms with Crippen LogP contribution in [-0.2, 0) is 22.9 Å². The van der Waals surface area contributed by atoms with Crippen molar-refractivity contribution in [3.8, 4) is 5.75 Å². The van der Waals surface area contributed by atoms with Gasteiger partial charge in [-0.05, 0) is 73.2 Å². The molecular formula is C18H20FNO3S. The maximum atomic E-state index is 12.8. The summed E-state index contributed by atoms with van der Waals surface area (Å²) in [6.45, 7) is 0.326. The number of sulfonamides is 1. The summed E-state index contributed by atoms with van der Waals surface area (Å²) in [5.41, 5.74) is 2.38. The van der Waals surface area contributed by atoms with E-state index in [1.807, 2.05) is 6.07 Å². The zero-order valence-electron chi connectivity index (χ0n) is 13.3. The first-order valence-electron chi connectivity index (χ1n) is 8.04. The highest BCUT2D eigenvalue weighted by atomic mass is 32.2. The summed E-state index contributed by atoms with van der Waals surface area (Å²) in [6, 6.07) is 11.0. The average molecular weight is 349 g/mol. The molecule has 0 amide bonds. The van der Waals surface area contributed by atoms with Gasteiger partial charge in [-0.2, -0.15) is 0 Å². The van der Waals surface area contributed by atoms with E-state index in [2.05, 4.69) is 4.72 Å². The van der Waals surface area contributed by atoms with Gasteiger partial charge in [0.1, 0.15) is 18.2 Å². The van der Waals surface area contributed by atoms with E-state index in [0.717, 1.165) is 31.2 Å². The monoisotopic (exact) mass is 349 g/mol. The van der Waals surface area contributed by atoms with Gasteiger partial charge < -0.3 is 4.74 Å². The van der Waals surface area contributed by atoms with E-state index in [4.69, 9.17) is 4.74 Å².